The first-order valence-electron chi connectivity index (χ1n) is 24.5. The van der Waals surface area contributed by atoms with Crippen LogP contribution >= 0.6 is 11.6 Å². The van der Waals surface area contributed by atoms with E-state index in [0.29, 0.717) is 84.7 Å². The van der Waals surface area contributed by atoms with Crippen molar-refractivity contribution in [2.45, 2.75) is 115 Å². The first-order chi connectivity index (χ1) is 34.5. The third kappa shape index (κ3) is 14.3. The number of amides is 3. The van der Waals surface area contributed by atoms with E-state index in [1.807, 2.05) is 84.9 Å². The Kier molecular flexibility index (Phi) is 17.8. The summed E-state index contributed by atoms with van der Waals surface area (Å²) in [4.78, 5) is 54.1. The highest BCUT2D eigenvalue weighted by molar-refractivity contribution is 6.74. The number of phenols is 1. The molecule has 0 radical (unpaired) electrons. The fraction of sp³-hybridized carbons (Fsp3) is 0.357. The van der Waals surface area contributed by atoms with E-state index in [2.05, 4.69) is 60.1 Å². The predicted molar refractivity (Wildman–Crippen MR) is 286 cm³/mol. The summed E-state index contributed by atoms with van der Waals surface area (Å²) in [6, 6.07) is 35.2. The smallest absolute Gasteiger partial charge is 0.411 e. The van der Waals surface area contributed by atoms with E-state index in [1.54, 1.807) is 31.4 Å². The number of aromatic nitrogens is 1. The average molecular weight is 1020 g/mol. The molecule has 3 amide bonds. The average Bonchev–Trinajstić information content (AvgIpc) is 3.35. The maximum Gasteiger partial charge on any atom is 0.411 e. The van der Waals surface area contributed by atoms with Crippen LogP contribution in [0.1, 0.15) is 87.7 Å². The number of aryl methyl sites for hydroxylation is 1. The summed E-state index contributed by atoms with van der Waals surface area (Å²) in [5.74, 6) is 0.307. The minimum atomic E-state index is -2.31. The van der Waals surface area contributed by atoms with Crippen molar-refractivity contribution in [1.82, 2.24) is 15.6 Å². The molecule has 1 unspecified atom stereocenters. The summed E-state index contributed by atoms with van der Waals surface area (Å²) in [5.41, 5.74) is 6.30. The van der Waals surface area contributed by atoms with Crippen LogP contribution in [0.25, 0.3) is 22.0 Å². The van der Waals surface area contributed by atoms with Crippen LogP contribution in [0.2, 0.25) is 23.2 Å². The molecule has 1 aliphatic carbocycles. The monoisotopic (exact) mass is 1020 g/mol. The highest BCUT2D eigenvalue weighted by atomic mass is 35.5. The molecule has 1 saturated carbocycles. The zero-order valence-electron chi connectivity index (χ0n) is 41.9. The standard InChI is InChI=1S/C56H66ClN5O9Si/c1-56(2,3)72(5,6)71-50(43-26-28-48(63)53-44(43)27-29-52(65)62-53)34-58-33-39-31-45(57)47(32-49(39)68-4)60-51(64)19-13-16-36-20-25-42(38-17-11-8-12-18-38)46(30-36)61-55(67)70-41-23-21-40(22-24-41)59-54(66)69-35-37-14-9-7-10-15-37/h7-12,14-15,17-18,20,25-32,40-41,50,58,63H,13,16,19,21-24,33-35H2,1-6H3,(H,59,66)(H,60,64)(H,61,67)(H,62,65). The van der Waals surface area contributed by atoms with Gasteiger partial charge in [-0.25, -0.2) is 9.59 Å². The van der Waals surface area contributed by atoms with Crippen LogP contribution in [-0.4, -0.2) is 62.3 Å². The third-order valence-electron chi connectivity index (χ3n) is 13.5. The first-order valence-corrected chi connectivity index (χ1v) is 27.8. The van der Waals surface area contributed by atoms with Crippen LogP contribution in [0, 0.1) is 0 Å². The van der Waals surface area contributed by atoms with E-state index in [-0.39, 0.29) is 47.4 Å². The molecule has 0 spiro atoms. The van der Waals surface area contributed by atoms with Crippen molar-refractivity contribution in [1.29, 1.82) is 0 Å². The first kappa shape index (κ1) is 53.2. The van der Waals surface area contributed by atoms with E-state index < -0.39 is 26.6 Å². The number of benzene rings is 5. The lowest BCUT2D eigenvalue weighted by Gasteiger charge is -2.39. The van der Waals surface area contributed by atoms with Gasteiger partial charge in [0, 0.05) is 54.2 Å². The lowest BCUT2D eigenvalue weighted by atomic mass is 9.93. The Hall–Kier alpha value is -6.65. The summed E-state index contributed by atoms with van der Waals surface area (Å²) < 4.78 is 24.0. The Morgan fingerprint density at radius 3 is 2.26 bits per heavy atom. The highest BCUT2D eigenvalue weighted by Crippen LogP contribution is 2.41. The number of aromatic hydroxyl groups is 1. The van der Waals surface area contributed by atoms with Crippen molar-refractivity contribution in [2.75, 3.05) is 24.3 Å². The van der Waals surface area contributed by atoms with Gasteiger partial charge in [0.05, 0.1) is 35.1 Å². The number of carbonyl (C=O) groups is 3. The summed E-state index contributed by atoms with van der Waals surface area (Å²) in [6.07, 6.45) is 2.08. The van der Waals surface area contributed by atoms with Crippen LogP contribution < -0.4 is 31.6 Å². The number of halogens is 1. The lowest BCUT2D eigenvalue weighted by Crippen LogP contribution is -2.43. The summed E-state index contributed by atoms with van der Waals surface area (Å²) in [7, 11) is -0.741. The summed E-state index contributed by atoms with van der Waals surface area (Å²) >= 11 is 6.80. The van der Waals surface area contributed by atoms with Gasteiger partial charge in [0.2, 0.25) is 11.5 Å². The van der Waals surface area contributed by atoms with Crippen LogP contribution in [0.3, 0.4) is 0 Å². The van der Waals surface area contributed by atoms with Gasteiger partial charge < -0.3 is 44.7 Å². The van der Waals surface area contributed by atoms with Gasteiger partial charge in [-0.05, 0) is 103 Å². The van der Waals surface area contributed by atoms with Crippen molar-refractivity contribution < 1.29 is 38.1 Å². The lowest BCUT2D eigenvalue weighted by molar-refractivity contribution is -0.116. The second kappa shape index (κ2) is 24.2. The molecule has 0 bridgehead atoms. The normalized spacial score (nSPS) is 15.3. The number of alkyl carbamates (subject to hydrolysis) is 1. The molecule has 0 aliphatic heterocycles. The molecule has 1 fully saturated rings. The molecule has 380 valence electrons. The number of hydrogen-bond donors (Lipinski definition) is 6. The molecule has 7 rings (SSSR count). The maximum absolute atomic E-state index is 13.4. The van der Waals surface area contributed by atoms with Crippen molar-refractivity contribution in [3.63, 3.8) is 0 Å². The number of H-pyrrole nitrogens is 1. The van der Waals surface area contributed by atoms with Gasteiger partial charge in [-0.1, -0.05) is 111 Å². The van der Waals surface area contributed by atoms with Gasteiger partial charge in [0.25, 0.3) is 0 Å². The molecule has 0 saturated heterocycles. The van der Waals surface area contributed by atoms with Crippen molar-refractivity contribution in [2.24, 2.45) is 0 Å². The topological polar surface area (TPSA) is 189 Å². The van der Waals surface area contributed by atoms with Crippen LogP contribution in [0.4, 0.5) is 21.0 Å². The zero-order valence-corrected chi connectivity index (χ0v) is 43.6. The van der Waals surface area contributed by atoms with Crippen molar-refractivity contribution in [3.8, 4) is 22.6 Å². The zero-order chi connectivity index (χ0) is 51.4. The van der Waals surface area contributed by atoms with Gasteiger partial charge in [-0.2, -0.15) is 0 Å². The van der Waals surface area contributed by atoms with Gasteiger partial charge >= 0.3 is 12.2 Å². The van der Waals surface area contributed by atoms with Crippen LogP contribution in [-0.2, 0) is 38.3 Å². The largest absolute Gasteiger partial charge is 0.506 e. The van der Waals surface area contributed by atoms with Gasteiger partial charge in [-0.15, -0.1) is 0 Å². The Balaban J connectivity index is 0.928. The molecule has 72 heavy (non-hydrogen) atoms. The number of ether oxygens (including phenoxy) is 3. The highest BCUT2D eigenvalue weighted by Gasteiger charge is 2.40. The van der Waals surface area contributed by atoms with Gasteiger partial charge in [-0.3, -0.25) is 14.9 Å². The van der Waals surface area contributed by atoms with E-state index in [0.717, 1.165) is 33.4 Å². The second-order valence-electron chi connectivity index (χ2n) is 19.8. The molecule has 14 nitrogen and oxygen atoms in total. The quantitative estimate of drug-likeness (QED) is 0.0426. The number of aromatic amines is 1. The Labute approximate surface area is 427 Å². The number of hydrogen-bond acceptors (Lipinski definition) is 10. The Morgan fingerprint density at radius 2 is 1.56 bits per heavy atom. The summed E-state index contributed by atoms with van der Waals surface area (Å²) in [5, 5.41) is 24.0. The number of rotatable bonds is 19. The third-order valence-corrected chi connectivity index (χ3v) is 18.3. The molecule has 6 aromatic rings. The van der Waals surface area contributed by atoms with E-state index in [9.17, 15) is 24.3 Å². The molecular formula is C56H66ClN5O9Si. The molecule has 6 N–H and O–H groups in total. The molecule has 1 aliphatic rings. The SMILES string of the molecule is COc1cc(NC(=O)CCCc2ccc(-c3ccccc3)c(NC(=O)OC3CCC(NC(=O)OCc4ccccc4)CC3)c2)c(Cl)cc1CNCC(O[Si](C)(C)C(C)(C)C)c1ccc(O)c2[nH]c(=O)ccc12. The Bertz CT molecular complexity index is 2880. The van der Waals surface area contributed by atoms with E-state index in [1.165, 1.54) is 6.07 Å². The number of phenolic OH excluding ortho intramolecular Hbond substituents is 1. The molecule has 1 atom stereocenters. The van der Waals surface area contributed by atoms with E-state index >= 15 is 0 Å². The minimum absolute atomic E-state index is 0.0174. The fourth-order valence-electron chi connectivity index (χ4n) is 8.58. The predicted octanol–water partition coefficient (Wildman–Crippen LogP) is 12.2. The molecule has 1 aromatic heterocycles. The molecule has 16 heteroatoms. The molecule has 5 aromatic carbocycles. The second-order valence-corrected chi connectivity index (χ2v) is 24.9. The number of nitrogens with one attached hydrogen (secondary N) is 5. The van der Waals surface area contributed by atoms with Crippen LogP contribution in [0.15, 0.2) is 120 Å². The molecular weight excluding hydrogens is 950 g/mol. The van der Waals surface area contributed by atoms with Crippen molar-refractivity contribution in [3.05, 3.63) is 153 Å². The van der Waals surface area contributed by atoms with Gasteiger partial charge in [0.1, 0.15) is 24.2 Å². The number of fused-ring (bicyclic) bond motifs is 1. The Morgan fingerprint density at radius 1 is 0.833 bits per heavy atom. The maximum atomic E-state index is 13.4. The molecule has 1 heterocycles. The van der Waals surface area contributed by atoms with Crippen LogP contribution in [0.5, 0.6) is 11.5 Å². The minimum Gasteiger partial charge on any atom is -0.506 e. The number of carbonyl (C=O) groups excluding carboxylic acids is 3. The number of anilines is 2. The summed E-state index contributed by atoms with van der Waals surface area (Å²) in [6.45, 7) is 11.9. The van der Waals surface area contributed by atoms with Gasteiger partial charge in [0.15, 0.2) is 8.32 Å². The van der Waals surface area contributed by atoms with Crippen molar-refractivity contribution >= 4 is 60.3 Å². The van der Waals surface area contributed by atoms with E-state index in [4.69, 9.17) is 30.2 Å². The number of pyridine rings is 1. The number of methoxy groups -OCH3 is 1. The fourth-order valence-corrected chi connectivity index (χ4v) is 10.1.